The first-order valence-corrected chi connectivity index (χ1v) is 11.1. The van der Waals surface area contributed by atoms with Crippen LogP contribution in [0, 0.1) is 5.82 Å². The summed E-state index contributed by atoms with van der Waals surface area (Å²) >= 11 is 3.52. The average molecular weight is 471 g/mol. The van der Waals surface area contributed by atoms with Crippen LogP contribution in [0.4, 0.5) is 4.39 Å². The van der Waals surface area contributed by atoms with Gasteiger partial charge in [-0.05, 0) is 42.8 Å². The molecule has 0 radical (unpaired) electrons. The van der Waals surface area contributed by atoms with Gasteiger partial charge >= 0.3 is 0 Å². The van der Waals surface area contributed by atoms with Crippen LogP contribution < -0.4 is 9.47 Å². The molecule has 0 atom stereocenters. The summed E-state index contributed by atoms with van der Waals surface area (Å²) in [6.07, 6.45) is 0.152. The molecule has 1 aliphatic heterocycles. The number of benzene rings is 3. The molecule has 0 N–H and O–H groups in total. The summed E-state index contributed by atoms with van der Waals surface area (Å²) < 4.78 is 27.7. The number of rotatable bonds is 8. The van der Waals surface area contributed by atoms with Crippen LogP contribution in [0.2, 0.25) is 0 Å². The van der Waals surface area contributed by atoms with E-state index in [1.54, 1.807) is 6.07 Å². The van der Waals surface area contributed by atoms with Crippen molar-refractivity contribution in [3.8, 4) is 11.5 Å². The van der Waals surface area contributed by atoms with Crippen molar-refractivity contribution in [2.45, 2.75) is 26.2 Å². The molecular weight excluding hydrogens is 445 g/mol. The zero-order valence-corrected chi connectivity index (χ0v) is 18.6. The predicted molar refractivity (Wildman–Crippen MR) is 120 cm³/mol. The smallest absolute Gasteiger partial charge is 0.196 e. The monoisotopic (exact) mass is 470 g/mol. The molecule has 0 saturated carbocycles. The summed E-state index contributed by atoms with van der Waals surface area (Å²) in [5.74, 6) is 1.14. The fraction of sp³-hybridized carbons (Fsp3) is 0.280. The third kappa shape index (κ3) is 5.02. The van der Waals surface area contributed by atoms with Crippen LogP contribution in [0.3, 0.4) is 0 Å². The van der Waals surface area contributed by atoms with Crippen LogP contribution in [0.5, 0.6) is 11.5 Å². The first-order chi connectivity index (χ1) is 14.5. The van der Waals surface area contributed by atoms with E-state index in [9.17, 15) is 4.39 Å². The lowest BCUT2D eigenvalue weighted by Gasteiger charge is -2.49. The van der Waals surface area contributed by atoms with Crippen molar-refractivity contribution in [1.29, 1.82) is 0 Å². The van der Waals surface area contributed by atoms with Crippen molar-refractivity contribution in [3.05, 3.63) is 94.2 Å². The lowest BCUT2D eigenvalue weighted by Crippen LogP contribution is -2.67. The molecule has 0 aliphatic carbocycles. The van der Waals surface area contributed by atoms with Gasteiger partial charge in [0.05, 0.1) is 6.54 Å². The Kier molecular flexibility index (Phi) is 6.40. The van der Waals surface area contributed by atoms with Gasteiger partial charge < -0.3 is 14.0 Å². The van der Waals surface area contributed by atoms with Gasteiger partial charge in [0.2, 0.25) is 0 Å². The lowest BCUT2D eigenvalue weighted by molar-refractivity contribution is -0.981. The summed E-state index contributed by atoms with van der Waals surface area (Å²) in [7, 11) is 0. The average Bonchev–Trinajstić information content (AvgIpc) is 2.72. The summed E-state index contributed by atoms with van der Waals surface area (Å²) in [5.41, 5.74) is 2.15. The second-order valence-electron chi connectivity index (χ2n) is 7.92. The highest BCUT2D eigenvalue weighted by atomic mass is 79.9. The number of likely N-dealkylation sites (N-methyl/N-ethyl adjacent to an activating group) is 1. The Balaban J connectivity index is 1.40. The highest BCUT2D eigenvalue weighted by molar-refractivity contribution is 9.10. The zero-order valence-electron chi connectivity index (χ0n) is 17.1. The molecule has 30 heavy (non-hydrogen) atoms. The van der Waals surface area contributed by atoms with Gasteiger partial charge in [-0.25, -0.2) is 4.39 Å². The number of ether oxygens (including phenoxy) is 2. The summed E-state index contributed by atoms with van der Waals surface area (Å²) in [6.45, 7) is 6.59. The van der Waals surface area contributed by atoms with E-state index >= 15 is 0 Å². The van der Waals surface area contributed by atoms with Crippen molar-refractivity contribution in [3.63, 3.8) is 0 Å². The summed E-state index contributed by atoms with van der Waals surface area (Å²) in [6, 6.07) is 22.9. The van der Waals surface area contributed by atoms with Crippen molar-refractivity contribution in [2.24, 2.45) is 0 Å². The van der Waals surface area contributed by atoms with Gasteiger partial charge in [-0.3, -0.25) is 0 Å². The molecule has 4 rings (SSSR count). The molecule has 0 unspecified atom stereocenters. The molecule has 0 bridgehead atoms. The van der Waals surface area contributed by atoms with Gasteiger partial charge in [-0.1, -0.05) is 58.4 Å². The molecule has 5 heteroatoms. The topological polar surface area (TPSA) is 18.5 Å². The molecule has 1 aliphatic rings. The zero-order chi connectivity index (χ0) is 21.0. The second-order valence-corrected chi connectivity index (χ2v) is 8.83. The molecule has 1 saturated heterocycles. The van der Waals surface area contributed by atoms with E-state index < -0.39 is 0 Å². The normalized spacial score (nSPS) is 20.4. The first kappa shape index (κ1) is 20.9. The third-order valence-corrected chi connectivity index (χ3v) is 6.19. The Hall–Kier alpha value is -2.37. The van der Waals surface area contributed by atoms with Crippen LogP contribution in [-0.2, 0) is 13.2 Å². The quantitative estimate of drug-likeness (QED) is 0.377. The third-order valence-electron chi connectivity index (χ3n) is 5.70. The minimum atomic E-state index is -0.259. The number of quaternary nitrogens is 1. The highest BCUT2D eigenvalue weighted by Gasteiger charge is 2.44. The Bertz CT molecular complexity index is 989. The number of nitrogens with zero attached hydrogens (tertiary/aromatic N) is 1. The van der Waals surface area contributed by atoms with Crippen LogP contribution in [-0.4, -0.2) is 30.2 Å². The molecule has 1 heterocycles. The van der Waals surface area contributed by atoms with Crippen molar-refractivity contribution < 1.29 is 18.3 Å². The Labute approximate surface area is 185 Å². The Morgan fingerprint density at radius 2 is 1.70 bits per heavy atom. The maximum atomic E-state index is 13.4. The maximum absolute atomic E-state index is 13.4. The molecule has 0 aromatic heterocycles. The molecule has 0 amide bonds. The number of halogens is 2. The second kappa shape index (κ2) is 9.19. The van der Waals surface area contributed by atoms with Gasteiger partial charge in [0.25, 0.3) is 0 Å². The van der Waals surface area contributed by atoms with E-state index in [-0.39, 0.29) is 11.9 Å². The van der Waals surface area contributed by atoms with E-state index in [0.29, 0.717) is 12.4 Å². The van der Waals surface area contributed by atoms with Gasteiger partial charge in [0.15, 0.2) is 17.6 Å². The van der Waals surface area contributed by atoms with Crippen molar-refractivity contribution in [2.75, 3.05) is 19.6 Å². The molecular formula is C25H26BrFNO2+. The Morgan fingerprint density at radius 3 is 2.43 bits per heavy atom. The summed E-state index contributed by atoms with van der Waals surface area (Å²) in [5, 5.41) is 0. The molecule has 0 spiro atoms. The highest BCUT2D eigenvalue weighted by Crippen LogP contribution is 2.35. The standard InChI is InChI=1S/C25H26BrFNO2/c1-2-28(15-19-7-4-3-5-8-19)16-23(17-28)30-25-14-21(26)11-12-24(25)29-18-20-9-6-10-22(27)13-20/h3-14,23H,2,15-18H2,1H3/q+1. The van der Waals surface area contributed by atoms with Gasteiger partial charge in [-0.2, -0.15) is 0 Å². The van der Waals surface area contributed by atoms with Crippen LogP contribution >= 0.6 is 15.9 Å². The first-order valence-electron chi connectivity index (χ1n) is 10.3. The maximum Gasteiger partial charge on any atom is 0.196 e. The van der Waals surface area contributed by atoms with E-state index in [1.807, 2.05) is 24.3 Å². The minimum Gasteiger partial charge on any atom is -0.485 e. The van der Waals surface area contributed by atoms with Gasteiger partial charge in [0, 0.05) is 10.0 Å². The van der Waals surface area contributed by atoms with E-state index in [1.165, 1.54) is 17.7 Å². The fourth-order valence-electron chi connectivity index (χ4n) is 4.02. The largest absolute Gasteiger partial charge is 0.485 e. The Morgan fingerprint density at radius 1 is 0.933 bits per heavy atom. The SMILES string of the molecule is CC[N+]1(Cc2ccccc2)CC(Oc2cc(Br)ccc2OCc2cccc(F)c2)C1. The van der Waals surface area contributed by atoms with Crippen LogP contribution in [0.1, 0.15) is 18.1 Å². The van der Waals surface area contributed by atoms with E-state index in [2.05, 4.69) is 53.2 Å². The fourth-order valence-corrected chi connectivity index (χ4v) is 4.36. The van der Waals surface area contributed by atoms with Gasteiger partial charge in [-0.15, -0.1) is 0 Å². The van der Waals surface area contributed by atoms with Crippen molar-refractivity contribution >= 4 is 15.9 Å². The molecule has 3 aromatic carbocycles. The van der Waals surface area contributed by atoms with Crippen LogP contribution in [0.15, 0.2) is 77.3 Å². The number of hydrogen-bond acceptors (Lipinski definition) is 2. The predicted octanol–water partition coefficient (Wildman–Crippen LogP) is 5.97. The number of hydrogen-bond donors (Lipinski definition) is 0. The molecule has 3 nitrogen and oxygen atoms in total. The van der Waals surface area contributed by atoms with E-state index in [4.69, 9.17) is 9.47 Å². The minimum absolute atomic E-state index is 0.152. The molecule has 3 aromatic rings. The van der Waals surface area contributed by atoms with E-state index in [0.717, 1.165) is 46.4 Å². The van der Waals surface area contributed by atoms with Gasteiger partial charge in [0.1, 0.15) is 32.1 Å². The number of likely N-dealkylation sites (tertiary alicyclic amines) is 1. The summed E-state index contributed by atoms with van der Waals surface area (Å²) in [4.78, 5) is 0. The lowest BCUT2D eigenvalue weighted by atomic mass is 10.0. The molecule has 1 fully saturated rings. The van der Waals surface area contributed by atoms with Crippen LogP contribution in [0.25, 0.3) is 0 Å². The molecule has 156 valence electrons. The van der Waals surface area contributed by atoms with Crippen molar-refractivity contribution in [1.82, 2.24) is 0 Å².